The Bertz CT molecular complexity index is 1270. The number of benzene rings is 3. The first-order valence-corrected chi connectivity index (χ1v) is 9.70. The molecule has 2 heterocycles. The number of hydrogen-bond donors (Lipinski definition) is 1. The number of para-hydroxylation sites is 1. The van der Waals surface area contributed by atoms with Crippen molar-refractivity contribution in [3.63, 3.8) is 0 Å². The molecule has 0 amide bonds. The van der Waals surface area contributed by atoms with Crippen LogP contribution in [0.1, 0.15) is 16.8 Å². The van der Waals surface area contributed by atoms with Crippen molar-refractivity contribution in [2.24, 2.45) is 0 Å². The van der Waals surface area contributed by atoms with Crippen molar-refractivity contribution < 1.29 is 5.11 Å². The van der Waals surface area contributed by atoms with Gasteiger partial charge in [-0.05, 0) is 23.3 Å². The summed E-state index contributed by atoms with van der Waals surface area (Å²) in [6, 6.07) is 29.1. The van der Waals surface area contributed by atoms with Gasteiger partial charge < -0.3 is 5.11 Å². The SMILES string of the molecule is OC(Cc1ccccc1)(c1ccccc1)c1ncnc2c1nnn2-c1ccccc1. The molecule has 0 saturated carbocycles. The van der Waals surface area contributed by atoms with Crippen LogP contribution in [0.25, 0.3) is 16.9 Å². The largest absolute Gasteiger partial charge is 0.378 e. The summed E-state index contributed by atoms with van der Waals surface area (Å²) in [4.78, 5) is 8.89. The van der Waals surface area contributed by atoms with Gasteiger partial charge in [0, 0.05) is 6.42 Å². The van der Waals surface area contributed by atoms with Crippen LogP contribution in [-0.4, -0.2) is 30.1 Å². The summed E-state index contributed by atoms with van der Waals surface area (Å²) < 4.78 is 1.66. The average molecular weight is 393 g/mol. The molecule has 0 aliphatic heterocycles. The van der Waals surface area contributed by atoms with E-state index >= 15 is 0 Å². The molecule has 1 unspecified atom stereocenters. The minimum Gasteiger partial charge on any atom is -0.378 e. The molecule has 2 aromatic heterocycles. The van der Waals surface area contributed by atoms with Gasteiger partial charge in [0.2, 0.25) is 0 Å². The third-order valence-corrected chi connectivity index (χ3v) is 5.18. The van der Waals surface area contributed by atoms with Gasteiger partial charge in [-0.15, -0.1) is 5.10 Å². The molecule has 1 N–H and O–H groups in total. The monoisotopic (exact) mass is 393 g/mol. The Labute approximate surface area is 173 Å². The van der Waals surface area contributed by atoms with Crippen molar-refractivity contribution in [3.8, 4) is 5.69 Å². The van der Waals surface area contributed by atoms with Crippen LogP contribution in [-0.2, 0) is 12.0 Å². The van der Waals surface area contributed by atoms with E-state index < -0.39 is 5.60 Å². The molecule has 0 aliphatic rings. The molecule has 0 spiro atoms. The lowest BCUT2D eigenvalue weighted by Crippen LogP contribution is -2.31. The number of aliphatic hydroxyl groups is 1. The van der Waals surface area contributed by atoms with Gasteiger partial charge >= 0.3 is 0 Å². The highest BCUT2D eigenvalue weighted by Gasteiger charge is 2.36. The zero-order valence-corrected chi connectivity index (χ0v) is 16.1. The minimum atomic E-state index is -1.39. The van der Waals surface area contributed by atoms with Gasteiger partial charge in [-0.3, -0.25) is 0 Å². The van der Waals surface area contributed by atoms with Gasteiger partial charge in [-0.25, -0.2) is 9.97 Å². The lowest BCUT2D eigenvalue weighted by molar-refractivity contribution is 0.0778. The van der Waals surface area contributed by atoms with E-state index in [4.69, 9.17) is 0 Å². The van der Waals surface area contributed by atoms with Crippen molar-refractivity contribution >= 4 is 11.2 Å². The maximum Gasteiger partial charge on any atom is 0.187 e. The molecule has 0 saturated heterocycles. The van der Waals surface area contributed by atoms with Crippen molar-refractivity contribution in [3.05, 3.63) is 114 Å². The number of rotatable bonds is 5. The van der Waals surface area contributed by atoms with Crippen molar-refractivity contribution in [1.82, 2.24) is 25.0 Å². The molecule has 0 bridgehead atoms. The molecular weight excluding hydrogens is 374 g/mol. The van der Waals surface area contributed by atoms with Crippen molar-refractivity contribution in [2.75, 3.05) is 0 Å². The molecule has 0 aliphatic carbocycles. The van der Waals surface area contributed by atoms with E-state index in [9.17, 15) is 5.11 Å². The van der Waals surface area contributed by atoms with Crippen LogP contribution in [0.4, 0.5) is 0 Å². The topological polar surface area (TPSA) is 76.7 Å². The lowest BCUT2D eigenvalue weighted by atomic mass is 9.84. The highest BCUT2D eigenvalue weighted by atomic mass is 16.3. The molecule has 6 nitrogen and oxygen atoms in total. The van der Waals surface area contributed by atoms with Crippen LogP contribution in [0.2, 0.25) is 0 Å². The smallest absolute Gasteiger partial charge is 0.187 e. The van der Waals surface area contributed by atoms with E-state index in [0.717, 1.165) is 16.8 Å². The van der Waals surface area contributed by atoms with Gasteiger partial charge in [-0.2, -0.15) is 4.68 Å². The zero-order valence-electron chi connectivity index (χ0n) is 16.1. The molecule has 1 atom stereocenters. The second-order valence-electron chi connectivity index (χ2n) is 7.12. The fraction of sp³-hybridized carbons (Fsp3) is 0.0833. The summed E-state index contributed by atoms with van der Waals surface area (Å²) in [6.07, 6.45) is 1.81. The summed E-state index contributed by atoms with van der Waals surface area (Å²) in [6.45, 7) is 0. The molecule has 6 heteroatoms. The predicted octanol–water partition coefficient (Wildman–Crippen LogP) is 3.69. The number of hydrogen-bond acceptors (Lipinski definition) is 5. The molecule has 5 rings (SSSR count). The molecule has 0 radical (unpaired) electrons. The zero-order chi connectivity index (χ0) is 20.4. The van der Waals surface area contributed by atoms with E-state index in [1.807, 2.05) is 91.0 Å². The number of nitrogens with zero attached hydrogens (tertiary/aromatic N) is 5. The van der Waals surface area contributed by atoms with Crippen LogP contribution in [0.15, 0.2) is 97.3 Å². The Balaban J connectivity index is 1.71. The normalized spacial score (nSPS) is 13.2. The van der Waals surface area contributed by atoms with Gasteiger partial charge in [0.15, 0.2) is 11.2 Å². The molecule has 3 aromatic carbocycles. The summed E-state index contributed by atoms with van der Waals surface area (Å²) in [5.74, 6) is 0. The minimum absolute atomic E-state index is 0.349. The molecule has 146 valence electrons. The predicted molar refractivity (Wildman–Crippen MR) is 114 cm³/mol. The Hall–Kier alpha value is -3.90. The Kier molecular flexibility index (Phi) is 4.53. The second-order valence-corrected chi connectivity index (χ2v) is 7.12. The fourth-order valence-electron chi connectivity index (χ4n) is 3.72. The van der Waals surface area contributed by atoms with E-state index in [1.54, 1.807) is 4.68 Å². The van der Waals surface area contributed by atoms with E-state index in [1.165, 1.54) is 6.33 Å². The quantitative estimate of drug-likeness (QED) is 0.493. The van der Waals surface area contributed by atoms with Crippen LogP contribution in [0.3, 0.4) is 0 Å². The van der Waals surface area contributed by atoms with Crippen LogP contribution in [0.5, 0.6) is 0 Å². The summed E-state index contributed by atoms with van der Waals surface area (Å²) in [7, 11) is 0. The molecule has 0 fully saturated rings. The molecule has 30 heavy (non-hydrogen) atoms. The number of fused-ring (bicyclic) bond motifs is 1. The van der Waals surface area contributed by atoms with E-state index in [0.29, 0.717) is 23.3 Å². The highest BCUT2D eigenvalue weighted by molar-refractivity contribution is 5.75. The van der Waals surface area contributed by atoms with Gasteiger partial charge in [0.1, 0.15) is 17.6 Å². The van der Waals surface area contributed by atoms with E-state index in [2.05, 4.69) is 20.3 Å². The Morgan fingerprint density at radius 1 is 0.767 bits per heavy atom. The second kappa shape index (κ2) is 7.50. The summed E-state index contributed by atoms with van der Waals surface area (Å²) in [5, 5.41) is 20.7. The highest BCUT2D eigenvalue weighted by Crippen LogP contribution is 2.35. The lowest BCUT2D eigenvalue weighted by Gasteiger charge is -2.28. The molecular formula is C24H19N5O. The Morgan fingerprint density at radius 3 is 2.10 bits per heavy atom. The average Bonchev–Trinajstić information content (AvgIpc) is 3.25. The van der Waals surface area contributed by atoms with Gasteiger partial charge in [-0.1, -0.05) is 84.1 Å². The van der Waals surface area contributed by atoms with Crippen LogP contribution >= 0.6 is 0 Å². The van der Waals surface area contributed by atoms with E-state index in [-0.39, 0.29) is 0 Å². The first kappa shape index (κ1) is 18.1. The van der Waals surface area contributed by atoms with Gasteiger partial charge in [0.25, 0.3) is 0 Å². The maximum absolute atomic E-state index is 12.0. The van der Waals surface area contributed by atoms with Crippen molar-refractivity contribution in [1.29, 1.82) is 0 Å². The third-order valence-electron chi connectivity index (χ3n) is 5.18. The first-order valence-electron chi connectivity index (χ1n) is 9.70. The number of aromatic nitrogens is 5. The Morgan fingerprint density at radius 2 is 1.40 bits per heavy atom. The maximum atomic E-state index is 12.0. The van der Waals surface area contributed by atoms with Crippen LogP contribution in [0, 0.1) is 0 Å². The molecule has 5 aromatic rings. The summed E-state index contributed by atoms with van der Waals surface area (Å²) in [5.41, 5.74) is 2.65. The summed E-state index contributed by atoms with van der Waals surface area (Å²) >= 11 is 0. The fourth-order valence-corrected chi connectivity index (χ4v) is 3.72. The standard InChI is InChI=1S/C24H19N5O/c30-24(19-12-6-2-7-13-19,16-18-10-4-1-5-11-18)22-21-23(26-17-25-22)29(28-27-21)20-14-8-3-9-15-20/h1-15,17,30H,16H2. The van der Waals surface area contributed by atoms with Gasteiger partial charge in [0.05, 0.1) is 5.69 Å². The van der Waals surface area contributed by atoms with Crippen molar-refractivity contribution in [2.45, 2.75) is 12.0 Å². The van der Waals surface area contributed by atoms with Crippen LogP contribution < -0.4 is 0 Å². The first-order chi connectivity index (χ1) is 14.8. The third kappa shape index (κ3) is 3.13.